The molecule has 0 unspecified atom stereocenters. The first-order valence-electron chi connectivity index (χ1n) is 5.54. The summed E-state index contributed by atoms with van der Waals surface area (Å²) >= 11 is 0. The van der Waals surface area contributed by atoms with Crippen LogP contribution in [0, 0.1) is 10.1 Å². The molecule has 1 N–H and O–H groups in total. The monoisotopic (exact) mass is 263 g/mol. The summed E-state index contributed by atoms with van der Waals surface area (Å²) in [5.74, 6) is 0.683. The SMILES string of the molecule is CNc1nc([N+](=O)[O-])nn1Cc1ccc(OC)cc1. The zero-order chi connectivity index (χ0) is 13.8. The number of hydrogen-bond donors (Lipinski definition) is 1. The molecule has 19 heavy (non-hydrogen) atoms. The lowest BCUT2D eigenvalue weighted by Gasteiger charge is -2.03. The van der Waals surface area contributed by atoms with Crippen molar-refractivity contribution in [2.45, 2.75) is 6.54 Å². The van der Waals surface area contributed by atoms with E-state index in [0.717, 1.165) is 11.3 Å². The molecule has 0 saturated heterocycles. The lowest BCUT2D eigenvalue weighted by Crippen LogP contribution is -2.06. The van der Waals surface area contributed by atoms with Gasteiger partial charge in [0.1, 0.15) is 5.75 Å². The maximum absolute atomic E-state index is 10.6. The number of nitro groups is 1. The van der Waals surface area contributed by atoms with Crippen LogP contribution in [0.15, 0.2) is 24.3 Å². The maximum Gasteiger partial charge on any atom is 0.493 e. The van der Waals surface area contributed by atoms with E-state index in [4.69, 9.17) is 4.74 Å². The second-order valence-corrected chi connectivity index (χ2v) is 3.75. The number of hydrogen-bond acceptors (Lipinski definition) is 6. The van der Waals surface area contributed by atoms with Gasteiger partial charge in [0.15, 0.2) is 0 Å². The summed E-state index contributed by atoms with van der Waals surface area (Å²) in [5.41, 5.74) is 0.942. The van der Waals surface area contributed by atoms with Crippen LogP contribution in [-0.2, 0) is 6.54 Å². The largest absolute Gasteiger partial charge is 0.497 e. The minimum absolute atomic E-state index is 0.350. The zero-order valence-corrected chi connectivity index (χ0v) is 10.5. The highest BCUT2D eigenvalue weighted by atomic mass is 16.6. The van der Waals surface area contributed by atoms with Gasteiger partial charge in [0.05, 0.1) is 13.7 Å². The van der Waals surface area contributed by atoms with Crippen LogP contribution in [0.3, 0.4) is 0 Å². The fraction of sp³-hybridized carbons (Fsp3) is 0.273. The normalized spacial score (nSPS) is 10.2. The summed E-state index contributed by atoms with van der Waals surface area (Å²) in [4.78, 5) is 13.8. The molecule has 100 valence electrons. The minimum atomic E-state index is -0.620. The fourth-order valence-electron chi connectivity index (χ4n) is 1.61. The van der Waals surface area contributed by atoms with Gasteiger partial charge in [-0.25, -0.2) is 0 Å². The van der Waals surface area contributed by atoms with Crippen molar-refractivity contribution in [1.29, 1.82) is 0 Å². The van der Waals surface area contributed by atoms with Gasteiger partial charge in [-0.3, -0.25) is 0 Å². The maximum atomic E-state index is 10.6. The number of ether oxygens (including phenoxy) is 1. The Balaban J connectivity index is 2.23. The van der Waals surface area contributed by atoms with E-state index in [1.165, 1.54) is 4.68 Å². The summed E-state index contributed by atoms with van der Waals surface area (Å²) in [7, 11) is 3.23. The van der Waals surface area contributed by atoms with Crippen LogP contribution in [0.5, 0.6) is 5.75 Å². The molecule has 0 bridgehead atoms. The van der Waals surface area contributed by atoms with E-state index in [1.54, 1.807) is 14.2 Å². The Labute approximate surface area is 109 Å². The number of methoxy groups -OCH3 is 1. The topological polar surface area (TPSA) is 95.1 Å². The number of nitrogens with zero attached hydrogens (tertiary/aromatic N) is 4. The Morgan fingerprint density at radius 3 is 2.63 bits per heavy atom. The van der Waals surface area contributed by atoms with Crippen LogP contribution in [0.4, 0.5) is 11.9 Å². The molecule has 0 saturated carbocycles. The van der Waals surface area contributed by atoms with E-state index in [-0.39, 0.29) is 0 Å². The highest BCUT2D eigenvalue weighted by Crippen LogP contribution is 2.15. The van der Waals surface area contributed by atoms with Crippen LogP contribution < -0.4 is 10.1 Å². The molecule has 0 fully saturated rings. The molecule has 1 aromatic carbocycles. The molecule has 0 spiro atoms. The average molecular weight is 263 g/mol. The fourth-order valence-corrected chi connectivity index (χ4v) is 1.61. The van der Waals surface area contributed by atoms with Crippen LogP contribution >= 0.6 is 0 Å². The molecule has 0 atom stereocenters. The lowest BCUT2D eigenvalue weighted by molar-refractivity contribution is -0.394. The van der Waals surface area contributed by atoms with Gasteiger partial charge in [-0.2, -0.15) is 0 Å². The van der Waals surface area contributed by atoms with Gasteiger partial charge in [-0.05, 0) is 27.6 Å². The average Bonchev–Trinajstić information content (AvgIpc) is 2.83. The molecule has 0 aliphatic carbocycles. The van der Waals surface area contributed by atoms with Gasteiger partial charge in [-0.1, -0.05) is 12.1 Å². The smallest absolute Gasteiger partial charge is 0.493 e. The molecular formula is C11H13N5O3. The molecule has 1 aromatic heterocycles. The van der Waals surface area contributed by atoms with Crippen LogP contribution in [-0.4, -0.2) is 33.8 Å². The molecule has 8 heteroatoms. The number of aromatic nitrogens is 3. The Kier molecular flexibility index (Phi) is 3.60. The van der Waals surface area contributed by atoms with Crippen molar-refractivity contribution in [3.8, 4) is 5.75 Å². The first-order valence-corrected chi connectivity index (χ1v) is 5.54. The quantitative estimate of drug-likeness (QED) is 0.645. The van der Waals surface area contributed by atoms with Crippen molar-refractivity contribution >= 4 is 11.9 Å². The van der Waals surface area contributed by atoms with Gasteiger partial charge in [-0.15, -0.1) is 4.68 Å². The molecule has 8 nitrogen and oxygen atoms in total. The molecule has 2 aromatic rings. The molecule has 1 heterocycles. The lowest BCUT2D eigenvalue weighted by atomic mass is 10.2. The summed E-state index contributed by atoms with van der Waals surface area (Å²) < 4.78 is 6.51. The minimum Gasteiger partial charge on any atom is -0.497 e. The second-order valence-electron chi connectivity index (χ2n) is 3.75. The highest BCUT2D eigenvalue weighted by Gasteiger charge is 2.20. The molecule has 0 aliphatic rings. The van der Waals surface area contributed by atoms with Crippen molar-refractivity contribution in [2.75, 3.05) is 19.5 Å². The van der Waals surface area contributed by atoms with Crippen molar-refractivity contribution in [2.24, 2.45) is 0 Å². The van der Waals surface area contributed by atoms with Crippen molar-refractivity contribution < 1.29 is 9.66 Å². The third kappa shape index (κ3) is 2.79. The van der Waals surface area contributed by atoms with Gasteiger partial charge >= 0.3 is 11.9 Å². The van der Waals surface area contributed by atoms with Crippen LogP contribution in [0.25, 0.3) is 0 Å². The summed E-state index contributed by atoms with van der Waals surface area (Å²) in [6.45, 7) is 0.390. The molecule has 2 rings (SSSR count). The number of nitrogens with one attached hydrogen (secondary N) is 1. The van der Waals surface area contributed by atoms with E-state index in [1.807, 2.05) is 24.3 Å². The molecular weight excluding hydrogens is 250 g/mol. The number of benzene rings is 1. The van der Waals surface area contributed by atoms with Gasteiger partial charge < -0.3 is 20.2 Å². The Morgan fingerprint density at radius 2 is 2.11 bits per heavy atom. The van der Waals surface area contributed by atoms with E-state index in [0.29, 0.717) is 12.5 Å². The standard InChI is InChI=1S/C11H13N5O3/c1-12-10-13-11(16(17)18)14-15(10)7-8-3-5-9(19-2)6-4-8/h3-6H,7H2,1-2H3,(H,12,13,14). The zero-order valence-electron chi connectivity index (χ0n) is 10.5. The predicted molar refractivity (Wildman–Crippen MR) is 68.3 cm³/mol. The summed E-state index contributed by atoms with van der Waals surface area (Å²) in [6.07, 6.45) is 0. The Bertz CT molecular complexity index is 579. The molecule has 0 aliphatic heterocycles. The van der Waals surface area contributed by atoms with Crippen molar-refractivity contribution in [1.82, 2.24) is 14.8 Å². The predicted octanol–water partition coefficient (Wildman–Crippen LogP) is 1.28. The first kappa shape index (κ1) is 12.8. The van der Waals surface area contributed by atoms with Gasteiger partial charge in [0, 0.05) is 12.1 Å². The van der Waals surface area contributed by atoms with E-state index < -0.39 is 10.9 Å². The molecule has 0 amide bonds. The second kappa shape index (κ2) is 5.34. The van der Waals surface area contributed by atoms with Crippen molar-refractivity contribution in [3.05, 3.63) is 39.9 Å². The van der Waals surface area contributed by atoms with Gasteiger partial charge in [0.2, 0.25) is 0 Å². The third-order valence-electron chi connectivity index (χ3n) is 2.54. The van der Waals surface area contributed by atoms with Gasteiger partial charge in [0.25, 0.3) is 0 Å². The van der Waals surface area contributed by atoms with E-state index >= 15 is 0 Å². The molecule has 0 radical (unpaired) electrons. The van der Waals surface area contributed by atoms with E-state index in [9.17, 15) is 10.1 Å². The number of anilines is 1. The van der Waals surface area contributed by atoms with Crippen molar-refractivity contribution in [3.63, 3.8) is 0 Å². The van der Waals surface area contributed by atoms with Crippen LogP contribution in [0.1, 0.15) is 5.56 Å². The summed E-state index contributed by atoms with van der Waals surface area (Å²) in [5, 5.41) is 17.2. The third-order valence-corrected chi connectivity index (χ3v) is 2.54. The Hall–Kier alpha value is -2.64. The number of rotatable bonds is 5. The van der Waals surface area contributed by atoms with Crippen LogP contribution in [0.2, 0.25) is 0 Å². The summed E-state index contributed by atoms with van der Waals surface area (Å²) in [6, 6.07) is 7.37. The highest BCUT2D eigenvalue weighted by molar-refractivity contribution is 5.31. The first-order chi connectivity index (χ1) is 9.13. The Morgan fingerprint density at radius 1 is 1.42 bits per heavy atom. The van der Waals surface area contributed by atoms with E-state index in [2.05, 4.69) is 15.4 Å².